The molecule has 2 saturated carbocycles. The van der Waals surface area contributed by atoms with Gasteiger partial charge in [0.2, 0.25) is 11.8 Å². The van der Waals surface area contributed by atoms with E-state index in [0.717, 1.165) is 83.6 Å². The molecule has 5 heterocycles. The summed E-state index contributed by atoms with van der Waals surface area (Å²) < 4.78 is 2.12. The van der Waals surface area contributed by atoms with E-state index in [2.05, 4.69) is 57.0 Å². The van der Waals surface area contributed by atoms with Gasteiger partial charge in [0, 0.05) is 66.7 Å². The van der Waals surface area contributed by atoms with Crippen molar-refractivity contribution in [3.63, 3.8) is 0 Å². The molecule has 3 aliphatic heterocycles. The zero-order valence-corrected chi connectivity index (χ0v) is 32.0. The number of nitrogens with one attached hydrogen (secondary N) is 2. The molecule has 9 rings (SSSR count). The fraction of sp³-hybridized carbons (Fsp3) is 0.512. The van der Waals surface area contributed by atoms with Crippen LogP contribution in [-0.2, 0) is 15.0 Å². The van der Waals surface area contributed by atoms with Gasteiger partial charge in [-0.1, -0.05) is 24.6 Å². The normalized spacial score (nSPS) is 22.5. The Morgan fingerprint density at radius 3 is 2.39 bits per heavy atom. The number of nitrogens with zero attached hydrogens (tertiary/aromatic N) is 6. The summed E-state index contributed by atoms with van der Waals surface area (Å²) in [6.07, 6.45) is 11.0. The van der Waals surface area contributed by atoms with Crippen molar-refractivity contribution in [2.24, 2.45) is 0 Å². The number of pyridine rings is 1. The molecule has 11 heteroatoms. The second kappa shape index (κ2) is 13.5. The average molecular weight is 729 g/mol. The molecule has 1 spiro atoms. The maximum atomic E-state index is 14.8. The fourth-order valence-electron chi connectivity index (χ4n) is 9.41. The zero-order chi connectivity index (χ0) is 37.3. The highest BCUT2D eigenvalue weighted by Crippen LogP contribution is 2.52. The Labute approximate surface area is 317 Å². The van der Waals surface area contributed by atoms with Gasteiger partial charge in [0.25, 0.3) is 5.91 Å². The van der Waals surface area contributed by atoms with Crippen LogP contribution < -0.4 is 15.5 Å². The second-order valence-corrected chi connectivity index (χ2v) is 16.7. The molecule has 3 amide bonds. The lowest BCUT2D eigenvalue weighted by atomic mass is 9.73. The first-order chi connectivity index (χ1) is 26.1. The minimum Gasteiger partial charge on any atom is -0.349 e. The lowest BCUT2D eigenvalue weighted by molar-refractivity contribution is -0.134. The molecule has 0 atom stereocenters. The highest BCUT2D eigenvalue weighted by molar-refractivity contribution is 6.09. The van der Waals surface area contributed by atoms with E-state index in [9.17, 15) is 14.4 Å². The van der Waals surface area contributed by atoms with E-state index in [1.54, 1.807) is 6.92 Å². The summed E-state index contributed by atoms with van der Waals surface area (Å²) in [5.41, 5.74) is 7.22. The molecule has 54 heavy (non-hydrogen) atoms. The number of rotatable bonds is 8. The minimum absolute atomic E-state index is 0.0478. The van der Waals surface area contributed by atoms with Crippen molar-refractivity contribution in [3.8, 4) is 11.3 Å². The van der Waals surface area contributed by atoms with Crippen LogP contribution in [0.3, 0.4) is 0 Å². The van der Waals surface area contributed by atoms with Crippen LogP contribution >= 0.6 is 0 Å². The van der Waals surface area contributed by atoms with Crippen molar-refractivity contribution < 1.29 is 14.4 Å². The first kappa shape index (κ1) is 35.0. The molecule has 0 radical (unpaired) electrons. The Bertz CT molecular complexity index is 2130. The van der Waals surface area contributed by atoms with Gasteiger partial charge >= 0.3 is 0 Å². The smallest absolute Gasteiger partial charge is 0.251 e. The van der Waals surface area contributed by atoms with E-state index in [4.69, 9.17) is 9.97 Å². The van der Waals surface area contributed by atoms with E-state index >= 15 is 0 Å². The molecule has 5 aliphatic rings. The van der Waals surface area contributed by atoms with E-state index in [1.165, 1.54) is 19.3 Å². The van der Waals surface area contributed by atoms with Crippen LogP contribution in [0.15, 0.2) is 48.8 Å². The molecular weight excluding hydrogens is 677 g/mol. The molecule has 2 N–H and O–H groups in total. The molecule has 11 nitrogen and oxygen atoms in total. The van der Waals surface area contributed by atoms with E-state index in [1.807, 2.05) is 42.4 Å². The molecule has 4 aromatic rings. The number of hydrogen-bond donors (Lipinski definition) is 2. The van der Waals surface area contributed by atoms with Gasteiger partial charge in [0.15, 0.2) is 5.82 Å². The first-order valence-corrected chi connectivity index (χ1v) is 20.1. The van der Waals surface area contributed by atoms with Crippen molar-refractivity contribution in [3.05, 3.63) is 65.5 Å². The van der Waals surface area contributed by atoms with Gasteiger partial charge in [0.1, 0.15) is 5.52 Å². The SMILES string of the molecule is CC(=O)N1CCC2(CC1)C(=O)N([C@H]1C[C@@H](N3CCCCC3)C1)c1cc(-c3cc4ncn(C(C)C)c4c(Nc4ccc(C)c(C(=O)NC5CC5)c4)n3)ccc12. The third kappa shape index (κ3) is 6.04. The van der Waals surface area contributed by atoms with Crippen LogP contribution in [0.1, 0.15) is 106 Å². The van der Waals surface area contributed by atoms with Crippen LogP contribution in [0.25, 0.3) is 22.3 Å². The third-order valence-corrected chi connectivity index (χ3v) is 12.9. The maximum absolute atomic E-state index is 14.8. The molecular formula is C43H52N8O3. The van der Waals surface area contributed by atoms with Crippen LogP contribution in [-0.4, -0.2) is 86.4 Å². The van der Waals surface area contributed by atoms with Gasteiger partial charge in [-0.15, -0.1) is 0 Å². The Morgan fingerprint density at radius 2 is 1.69 bits per heavy atom. The Balaban J connectivity index is 1.09. The summed E-state index contributed by atoms with van der Waals surface area (Å²) in [5, 5.41) is 6.71. The van der Waals surface area contributed by atoms with Gasteiger partial charge < -0.3 is 29.9 Å². The number of carbonyl (C=O) groups excluding carboxylic acids is 3. The third-order valence-electron chi connectivity index (χ3n) is 12.9. The lowest BCUT2D eigenvalue weighted by Gasteiger charge is -2.48. The number of benzene rings is 2. The van der Waals surface area contributed by atoms with Crippen molar-refractivity contribution in [1.82, 2.24) is 29.7 Å². The predicted molar refractivity (Wildman–Crippen MR) is 211 cm³/mol. The first-order valence-electron chi connectivity index (χ1n) is 20.1. The number of aryl methyl sites for hydroxylation is 1. The van der Waals surface area contributed by atoms with Crippen molar-refractivity contribution >= 4 is 45.9 Å². The number of imidazole rings is 1. The number of hydrogen-bond acceptors (Lipinski definition) is 7. The molecule has 0 unspecified atom stereocenters. The number of amides is 3. The summed E-state index contributed by atoms with van der Waals surface area (Å²) in [7, 11) is 0. The average Bonchev–Trinajstić information content (AvgIpc) is 3.81. The lowest BCUT2D eigenvalue weighted by Crippen LogP contribution is -2.58. The topological polar surface area (TPSA) is 116 Å². The number of likely N-dealkylation sites (tertiary alicyclic amines) is 2. The van der Waals surface area contributed by atoms with Crippen molar-refractivity contribution in [1.29, 1.82) is 0 Å². The Kier molecular flexibility index (Phi) is 8.75. The Hall–Kier alpha value is -4.77. The maximum Gasteiger partial charge on any atom is 0.251 e. The van der Waals surface area contributed by atoms with Crippen LogP contribution in [0, 0.1) is 6.92 Å². The largest absolute Gasteiger partial charge is 0.349 e. The van der Waals surface area contributed by atoms with E-state index < -0.39 is 5.41 Å². The minimum atomic E-state index is -0.620. The second-order valence-electron chi connectivity index (χ2n) is 16.7. The Morgan fingerprint density at radius 1 is 0.926 bits per heavy atom. The molecule has 282 valence electrons. The standard InChI is InChI=1S/C43H52N8O3/c1-26(2)50-25-44-37-24-36(47-40(39(37)50)45-31-10-8-27(3)34(21-31)41(53)46-30-11-12-30)29-9-13-35-38(20-29)51(33-22-32(23-33)49-16-6-5-7-17-49)42(54)43(35)14-18-48(19-15-43)28(4)52/h8-10,13,20-21,24-26,30,32-33H,5-7,11-12,14-19,22-23H2,1-4H3,(H,45,47)(H,46,53)/t32-,33+. The van der Waals surface area contributed by atoms with Gasteiger partial charge in [-0.05, 0) is 121 Å². The summed E-state index contributed by atoms with van der Waals surface area (Å²) in [4.78, 5) is 57.0. The summed E-state index contributed by atoms with van der Waals surface area (Å²) >= 11 is 0. The van der Waals surface area contributed by atoms with Crippen molar-refractivity contribution in [2.45, 2.75) is 115 Å². The van der Waals surface area contributed by atoms with E-state index in [0.29, 0.717) is 43.4 Å². The molecule has 2 aromatic heterocycles. The van der Waals surface area contributed by atoms with Gasteiger partial charge in [-0.25, -0.2) is 9.97 Å². The molecule has 4 fully saturated rings. The van der Waals surface area contributed by atoms with Crippen LogP contribution in [0.4, 0.5) is 17.2 Å². The molecule has 0 bridgehead atoms. The van der Waals surface area contributed by atoms with Gasteiger partial charge in [-0.3, -0.25) is 14.4 Å². The van der Waals surface area contributed by atoms with Crippen LogP contribution in [0.5, 0.6) is 0 Å². The molecule has 2 saturated heterocycles. The number of carbonyl (C=O) groups is 3. The monoisotopic (exact) mass is 728 g/mol. The summed E-state index contributed by atoms with van der Waals surface area (Å²) in [6, 6.07) is 15.5. The molecule has 2 aromatic carbocycles. The number of piperidine rings is 2. The van der Waals surface area contributed by atoms with Gasteiger partial charge in [0.05, 0.1) is 23.0 Å². The van der Waals surface area contributed by atoms with Crippen molar-refractivity contribution in [2.75, 3.05) is 36.4 Å². The number of anilines is 3. The summed E-state index contributed by atoms with van der Waals surface area (Å²) in [5.74, 6) is 0.881. The quantitative estimate of drug-likeness (QED) is 0.204. The zero-order valence-electron chi connectivity index (χ0n) is 32.0. The number of fused-ring (bicyclic) bond motifs is 3. The predicted octanol–water partition coefficient (Wildman–Crippen LogP) is 6.87. The van der Waals surface area contributed by atoms with Gasteiger partial charge in [-0.2, -0.15) is 0 Å². The molecule has 2 aliphatic carbocycles. The highest BCUT2D eigenvalue weighted by atomic mass is 16.2. The van der Waals surface area contributed by atoms with E-state index in [-0.39, 0.29) is 35.8 Å². The fourth-order valence-corrected chi connectivity index (χ4v) is 9.41. The number of aromatic nitrogens is 3. The summed E-state index contributed by atoms with van der Waals surface area (Å²) in [6.45, 7) is 11.3. The van der Waals surface area contributed by atoms with Crippen LogP contribution in [0.2, 0.25) is 0 Å². The highest BCUT2D eigenvalue weighted by Gasteiger charge is 2.55.